The summed E-state index contributed by atoms with van der Waals surface area (Å²) in [5.74, 6) is 1.13. The molecule has 2 aliphatic rings. The van der Waals surface area contributed by atoms with E-state index < -0.39 is 0 Å². The van der Waals surface area contributed by atoms with Crippen LogP contribution >= 0.6 is 0 Å². The summed E-state index contributed by atoms with van der Waals surface area (Å²) in [6.07, 6.45) is 3.54. The van der Waals surface area contributed by atoms with Crippen molar-refractivity contribution in [2.75, 3.05) is 40.3 Å². The number of rotatable bonds is 3. The molecule has 1 amide bonds. The van der Waals surface area contributed by atoms with E-state index in [2.05, 4.69) is 24.2 Å². The van der Waals surface area contributed by atoms with Crippen molar-refractivity contribution in [2.24, 2.45) is 11.8 Å². The van der Waals surface area contributed by atoms with Gasteiger partial charge in [-0.3, -0.25) is 4.79 Å². The zero-order valence-electron chi connectivity index (χ0n) is 12.0. The van der Waals surface area contributed by atoms with E-state index in [-0.39, 0.29) is 5.92 Å². The van der Waals surface area contributed by atoms with Gasteiger partial charge in [-0.15, -0.1) is 0 Å². The molecule has 0 spiro atoms. The van der Waals surface area contributed by atoms with E-state index in [0.29, 0.717) is 17.9 Å². The lowest BCUT2D eigenvalue weighted by Crippen LogP contribution is -2.47. The number of hydrogen-bond acceptors (Lipinski definition) is 3. The van der Waals surface area contributed by atoms with Crippen LogP contribution in [0.5, 0.6) is 0 Å². The van der Waals surface area contributed by atoms with Gasteiger partial charge in [0.1, 0.15) is 0 Å². The molecule has 4 heteroatoms. The maximum absolute atomic E-state index is 12.4. The van der Waals surface area contributed by atoms with Crippen molar-refractivity contribution < 1.29 is 4.79 Å². The van der Waals surface area contributed by atoms with Gasteiger partial charge in [-0.25, -0.2) is 0 Å². The number of hydrogen-bond donors (Lipinski definition) is 1. The standard InChI is InChI=1S/C14H27N3O/c1-11-7-12(9-15-8-11)14(18)17(3)10-13-5-4-6-16(13)2/h11-13,15H,4-10H2,1-3H3. The summed E-state index contributed by atoms with van der Waals surface area (Å²) in [4.78, 5) is 16.7. The maximum Gasteiger partial charge on any atom is 0.226 e. The molecule has 2 fully saturated rings. The van der Waals surface area contributed by atoms with E-state index in [9.17, 15) is 4.79 Å². The number of amides is 1. The van der Waals surface area contributed by atoms with E-state index in [1.807, 2.05) is 11.9 Å². The Kier molecular flexibility index (Phi) is 4.62. The smallest absolute Gasteiger partial charge is 0.226 e. The molecule has 0 aliphatic carbocycles. The van der Waals surface area contributed by atoms with Gasteiger partial charge in [-0.05, 0) is 45.3 Å². The monoisotopic (exact) mass is 253 g/mol. The molecule has 3 atom stereocenters. The molecule has 0 aromatic heterocycles. The van der Waals surface area contributed by atoms with Gasteiger partial charge >= 0.3 is 0 Å². The molecule has 0 bridgehead atoms. The first kappa shape index (κ1) is 13.8. The molecule has 1 N–H and O–H groups in total. The van der Waals surface area contributed by atoms with Crippen molar-refractivity contribution in [1.29, 1.82) is 0 Å². The number of carbonyl (C=O) groups excluding carboxylic acids is 1. The van der Waals surface area contributed by atoms with Crippen LogP contribution in [0, 0.1) is 11.8 Å². The van der Waals surface area contributed by atoms with E-state index >= 15 is 0 Å². The fourth-order valence-electron chi connectivity index (χ4n) is 3.27. The van der Waals surface area contributed by atoms with Crippen LogP contribution in [0.25, 0.3) is 0 Å². The lowest BCUT2D eigenvalue weighted by Gasteiger charge is -2.32. The molecule has 3 unspecified atom stereocenters. The van der Waals surface area contributed by atoms with Crippen LogP contribution in [0.15, 0.2) is 0 Å². The fourth-order valence-corrected chi connectivity index (χ4v) is 3.27. The van der Waals surface area contributed by atoms with Gasteiger partial charge in [0, 0.05) is 26.2 Å². The van der Waals surface area contributed by atoms with Crippen LogP contribution in [0.1, 0.15) is 26.2 Å². The Morgan fingerprint density at radius 3 is 2.83 bits per heavy atom. The number of piperidine rings is 1. The Morgan fingerprint density at radius 1 is 1.44 bits per heavy atom. The predicted molar refractivity (Wildman–Crippen MR) is 73.4 cm³/mol. The topological polar surface area (TPSA) is 35.6 Å². The second-order valence-electron chi connectivity index (χ2n) is 6.19. The minimum absolute atomic E-state index is 0.186. The van der Waals surface area contributed by atoms with Crippen LogP contribution in [-0.4, -0.2) is 62.0 Å². The normalized spacial score (nSPS) is 33.6. The summed E-state index contributed by atoms with van der Waals surface area (Å²) in [5, 5.41) is 3.36. The minimum Gasteiger partial charge on any atom is -0.344 e. The molecule has 18 heavy (non-hydrogen) atoms. The van der Waals surface area contributed by atoms with Crippen molar-refractivity contribution in [3.05, 3.63) is 0 Å². The molecular formula is C14H27N3O. The number of likely N-dealkylation sites (N-methyl/N-ethyl adjacent to an activating group) is 2. The van der Waals surface area contributed by atoms with E-state index in [4.69, 9.17) is 0 Å². The summed E-state index contributed by atoms with van der Waals surface area (Å²) in [6, 6.07) is 0.563. The summed E-state index contributed by atoms with van der Waals surface area (Å²) in [6.45, 7) is 6.19. The highest BCUT2D eigenvalue weighted by Gasteiger charge is 2.29. The summed E-state index contributed by atoms with van der Waals surface area (Å²) in [7, 11) is 4.13. The molecule has 0 aromatic rings. The van der Waals surface area contributed by atoms with E-state index in [1.54, 1.807) is 0 Å². The van der Waals surface area contributed by atoms with Gasteiger partial charge in [-0.2, -0.15) is 0 Å². The molecule has 0 saturated carbocycles. The molecular weight excluding hydrogens is 226 g/mol. The average molecular weight is 253 g/mol. The zero-order chi connectivity index (χ0) is 13.1. The van der Waals surface area contributed by atoms with Crippen molar-refractivity contribution in [3.8, 4) is 0 Å². The summed E-state index contributed by atoms with van der Waals surface area (Å²) >= 11 is 0. The number of nitrogens with zero attached hydrogens (tertiary/aromatic N) is 2. The largest absolute Gasteiger partial charge is 0.344 e. The first-order valence-electron chi connectivity index (χ1n) is 7.24. The lowest BCUT2D eigenvalue weighted by atomic mass is 9.91. The number of carbonyl (C=O) groups is 1. The maximum atomic E-state index is 12.4. The second kappa shape index (κ2) is 6.02. The Labute approximate surface area is 111 Å². The van der Waals surface area contributed by atoms with Crippen LogP contribution in [0.3, 0.4) is 0 Å². The predicted octanol–water partition coefficient (Wildman–Crippen LogP) is 0.785. The SMILES string of the molecule is CC1CNCC(C(=O)N(C)CC2CCCN2C)C1. The van der Waals surface area contributed by atoms with Crippen molar-refractivity contribution in [3.63, 3.8) is 0 Å². The Hall–Kier alpha value is -0.610. The highest BCUT2D eigenvalue weighted by molar-refractivity contribution is 5.79. The number of likely N-dealkylation sites (tertiary alicyclic amines) is 1. The summed E-state index contributed by atoms with van der Waals surface area (Å²) in [5.41, 5.74) is 0. The highest BCUT2D eigenvalue weighted by atomic mass is 16.2. The van der Waals surface area contributed by atoms with Gasteiger partial charge in [0.2, 0.25) is 5.91 Å². The first-order chi connectivity index (χ1) is 8.58. The van der Waals surface area contributed by atoms with Gasteiger partial charge < -0.3 is 15.1 Å². The lowest BCUT2D eigenvalue weighted by molar-refractivity contribution is -0.135. The quantitative estimate of drug-likeness (QED) is 0.807. The van der Waals surface area contributed by atoms with Crippen LogP contribution in [0.4, 0.5) is 0 Å². The van der Waals surface area contributed by atoms with Crippen LogP contribution in [-0.2, 0) is 4.79 Å². The highest BCUT2D eigenvalue weighted by Crippen LogP contribution is 2.20. The molecule has 0 radical (unpaired) electrons. The number of nitrogens with one attached hydrogen (secondary N) is 1. The molecule has 2 aliphatic heterocycles. The third-order valence-electron chi connectivity index (χ3n) is 4.45. The van der Waals surface area contributed by atoms with Gasteiger partial charge in [-0.1, -0.05) is 6.92 Å². The first-order valence-corrected chi connectivity index (χ1v) is 7.24. The van der Waals surface area contributed by atoms with Crippen LogP contribution in [0.2, 0.25) is 0 Å². The Balaban J connectivity index is 1.84. The molecule has 0 aromatic carbocycles. The van der Waals surface area contributed by atoms with Crippen molar-refractivity contribution in [1.82, 2.24) is 15.1 Å². The average Bonchev–Trinajstić information content (AvgIpc) is 2.74. The summed E-state index contributed by atoms with van der Waals surface area (Å²) < 4.78 is 0. The third kappa shape index (κ3) is 3.23. The molecule has 4 nitrogen and oxygen atoms in total. The third-order valence-corrected chi connectivity index (χ3v) is 4.45. The second-order valence-corrected chi connectivity index (χ2v) is 6.19. The Morgan fingerprint density at radius 2 is 2.22 bits per heavy atom. The van der Waals surface area contributed by atoms with Crippen molar-refractivity contribution >= 4 is 5.91 Å². The van der Waals surface area contributed by atoms with Crippen LogP contribution < -0.4 is 5.32 Å². The van der Waals surface area contributed by atoms with E-state index in [0.717, 1.165) is 26.1 Å². The fraction of sp³-hybridized carbons (Fsp3) is 0.929. The molecule has 2 saturated heterocycles. The Bertz CT molecular complexity index is 295. The van der Waals surface area contributed by atoms with Crippen molar-refractivity contribution in [2.45, 2.75) is 32.2 Å². The minimum atomic E-state index is 0.186. The molecule has 104 valence electrons. The molecule has 2 heterocycles. The van der Waals surface area contributed by atoms with Gasteiger partial charge in [0.05, 0.1) is 5.92 Å². The molecule has 2 rings (SSSR count). The van der Waals surface area contributed by atoms with Gasteiger partial charge in [0.25, 0.3) is 0 Å². The zero-order valence-corrected chi connectivity index (χ0v) is 12.0. The van der Waals surface area contributed by atoms with Gasteiger partial charge in [0.15, 0.2) is 0 Å². The van der Waals surface area contributed by atoms with E-state index in [1.165, 1.54) is 19.4 Å².